The third-order valence-corrected chi connectivity index (χ3v) is 8.58. The van der Waals surface area contributed by atoms with E-state index in [4.69, 9.17) is 14.3 Å². The van der Waals surface area contributed by atoms with Crippen LogP contribution in [0.4, 0.5) is 0 Å². The number of carboxylic acid groups (broad SMARTS) is 1. The maximum absolute atomic E-state index is 13.3. The molecule has 2 heterocycles. The number of fused-ring (bicyclic) bond motifs is 2. The van der Waals surface area contributed by atoms with Crippen molar-refractivity contribution < 1.29 is 38.6 Å². The van der Waals surface area contributed by atoms with Crippen LogP contribution in [0.15, 0.2) is 56.1 Å². The van der Waals surface area contributed by atoms with Crippen LogP contribution in [-0.4, -0.2) is 83.5 Å². The fourth-order valence-corrected chi connectivity index (χ4v) is 6.09. The van der Waals surface area contributed by atoms with Gasteiger partial charge in [-0.2, -0.15) is 0 Å². The molecule has 0 saturated heterocycles. The lowest BCUT2D eigenvalue weighted by atomic mass is 9.82. The summed E-state index contributed by atoms with van der Waals surface area (Å²) in [6.07, 6.45) is 3.23. The van der Waals surface area contributed by atoms with Gasteiger partial charge in [-0.3, -0.25) is 42.7 Å². The highest BCUT2D eigenvalue weighted by atomic mass is 16.6. The fraction of sp³-hybridized carbons (Fsp3) is 0.378. The summed E-state index contributed by atoms with van der Waals surface area (Å²) in [5, 5.41) is 10.1. The lowest BCUT2D eigenvalue weighted by molar-refractivity contribution is -0.104. The van der Waals surface area contributed by atoms with Gasteiger partial charge in [0.1, 0.15) is 12.9 Å². The largest absolute Gasteiger partial charge is 0.478 e. The van der Waals surface area contributed by atoms with Gasteiger partial charge in [-0.15, -0.1) is 0 Å². The van der Waals surface area contributed by atoms with Crippen LogP contribution in [-0.2, 0) is 27.9 Å². The van der Waals surface area contributed by atoms with Gasteiger partial charge in [0, 0.05) is 39.9 Å². The zero-order valence-electron chi connectivity index (χ0n) is 29.8. The van der Waals surface area contributed by atoms with Gasteiger partial charge in [-0.05, 0) is 54.5 Å². The molecule has 0 saturated carbocycles. The zero-order chi connectivity index (χ0) is 39.1. The van der Waals surface area contributed by atoms with Crippen LogP contribution in [0.25, 0.3) is 21.5 Å². The summed E-state index contributed by atoms with van der Waals surface area (Å²) in [4.78, 5) is 111. The van der Waals surface area contributed by atoms with Crippen LogP contribution >= 0.6 is 0 Å². The van der Waals surface area contributed by atoms with Crippen molar-refractivity contribution >= 4 is 52.0 Å². The van der Waals surface area contributed by atoms with Crippen LogP contribution in [0.5, 0.6) is 0 Å². The predicted molar refractivity (Wildman–Crippen MR) is 192 cm³/mol. The number of carbonyl (C=O) groups is 5. The number of allylic oxidation sites excluding steroid dienone is 1. The summed E-state index contributed by atoms with van der Waals surface area (Å²) in [6.45, 7) is 9.11. The van der Waals surface area contributed by atoms with E-state index in [-0.39, 0.29) is 70.5 Å². The third kappa shape index (κ3) is 8.72. The predicted octanol–water partition coefficient (Wildman–Crippen LogP) is 2.35. The van der Waals surface area contributed by atoms with Crippen molar-refractivity contribution in [2.45, 2.75) is 40.2 Å². The highest BCUT2D eigenvalue weighted by molar-refractivity contribution is 6.09. The van der Waals surface area contributed by atoms with Gasteiger partial charge >= 0.3 is 11.9 Å². The summed E-state index contributed by atoms with van der Waals surface area (Å²) < 4.78 is 11.9. The van der Waals surface area contributed by atoms with E-state index in [9.17, 15) is 43.5 Å². The number of carbonyl (C=O) groups excluding carboxylic acids is 4. The maximum atomic E-state index is 13.3. The van der Waals surface area contributed by atoms with E-state index in [1.807, 2.05) is 20.8 Å². The second kappa shape index (κ2) is 16.9. The Kier molecular flexibility index (Phi) is 13.2. The van der Waals surface area contributed by atoms with Gasteiger partial charge in [0.2, 0.25) is 0 Å². The first-order valence-corrected chi connectivity index (χ1v) is 16.1. The average molecular weight is 720 g/mol. The van der Waals surface area contributed by atoms with Crippen LogP contribution in [0.2, 0.25) is 0 Å². The quantitative estimate of drug-likeness (QED) is 0.0814. The maximum Gasteiger partial charge on any atom is 0.339 e. The molecule has 4 aromatic rings. The highest BCUT2D eigenvalue weighted by Crippen LogP contribution is 2.29. The number of methoxy groups -OCH3 is 1. The number of ether oxygens (including phenoxy) is 2. The van der Waals surface area contributed by atoms with Crippen molar-refractivity contribution in [1.29, 1.82) is 0 Å². The van der Waals surface area contributed by atoms with Crippen molar-refractivity contribution in [3.05, 3.63) is 101 Å². The van der Waals surface area contributed by atoms with Gasteiger partial charge in [-0.1, -0.05) is 27.4 Å². The van der Waals surface area contributed by atoms with Crippen molar-refractivity contribution in [3.8, 4) is 0 Å². The van der Waals surface area contributed by atoms with Crippen LogP contribution in [0.3, 0.4) is 0 Å². The molecule has 1 amide bonds. The third-order valence-electron chi connectivity index (χ3n) is 8.58. The molecule has 2 aromatic heterocycles. The minimum absolute atomic E-state index is 0.00983. The summed E-state index contributed by atoms with van der Waals surface area (Å²) >= 11 is 0. The monoisotopic (exact) mass is 719 g/mol. The minimum atomic E-state index is -1.48. The Labute approximate surface area is 297 Å². The Bertz CT molecular complexity index is 2170. The fourth-order valence-electron chi connectivity index (χ4n) is 6.09. The number of benzene rings is 2. The van der Waals surface area contributed by atoms with Crippen molar-refractivity contribution in [2.75, 3.05) is 33.9 Å². The number of nitrogens with zero attached hydrogens (tertiary/aromatic N) is 3. The van der Waals surface area contributed by atoms with Gasteiger partial charge in [0.05, 0.1) is 44.8 Å². The molecule has 15 nitrogen and oxygen atoms in total. The molecule has 1 unspecified atom stereocenters. The Hall–Kier alpha value is -5.83. The Morgan fingerprint density at radius 3 is 1.92 bits per heavy atom. The Morgan fingerprint density at radius 2 is 1.44 bits per heavy atom. The van der Waals surface area contributed by atoms with E-state index in [0.29, 0.717) is 25.4 Å². The summed E-state index contributed by atoms with van der Waals surface area (Å²) in [7, 11) is 4.24. The molecule has 52 heavy (non-hydrogen) atoms. The van der Waals surface area contributed by atoms with E-state index < -0.39 is 51.1 Å². The van der Waals surface area contributed by atoms with Crippen molar-refractivity contribution in [1.82, 2.24) is 14.0 Å². The number of hydrogen-bond acceptors (Lipinski definition) is 11. The number of hydrogen-bond donors (Lipinski definition) is 1. The van der Waals surface area contributed by atoms with Gasteiger partial charge in [-0.25, -0.2) is 9.59 Å². The number of carboxylic acids is 1. The van der Waals surface area contributed by atoms with Crippen molar-refractivity contribution in [2.24, 2.45) is 18.4 Å². The topological polar surface area (TPSA) is 205 Å². The van der Waals surface area contributed by atoms with E-state index >= 15 is 0 Å². The molecule has 1 N–H and O–H groups in total. The van der Waals surface area contributed by atoms with E-state index in [1.165, 1.54) is 44.3 Å². The van der Waals surface area contributed by atoms with Gasteiger partial charge in [0.15, 0.2) is 6.29 Å². The SMILES string of the molecule is C=CC=O.COCCOC(=O)c1cc(C=O)c(C(=O)N(C)CCC(C)CC(C)(C)Cn2c(=O)c3cc4c(=O)n(C)c(=O)c4cc3c2=O)cc1C(=O)O. The molecular weight excluding hydrogens is 678 g/mol. The average Bonchev–Trinajstić information content (AvgIpc) is 3.46. The van der Waals surface area contributed by atoms with Gasteiger partial charge < -0.3 is 19.5 Å². The second-order valence-electron chi connectivity index (χ2n) is 13.2. The molecule has 0 aliphatic rings. The first-order valence-electron chi connectivity index (χ1n) is 16.1. The molecule has 0 radical (unpaired) electrons. The van der Waals surface area contributed by atoms with Gasteiger partial charge in [0.25, 0.3) is 28.1 Å². The molecule has 0 aliphatic carbocycles. The first-order chi connectivity index (χ1) is 24.4. The highest BCUT2D eigenvalue weighted by Gasteiger charge is 2.28. The van der Waals surface area contributed by atoms with E-state index in [1.54, 1.807) is 0 Å². The van der Waals surface area contributed by atoms with Crippen molar-refractivity contribution in [3.63, 3.8) is 0 Å². The standard InChI is InChI=1S/C34H37N3O11.C3H4O/c1-18(7-8-35(4)27(39)20-12-25(32(44)45)26(11-19(20)16-38)33(46)48-10-9-47-6)15-34(2,3)17-37-30(42)23-13-21-22(14-24(23)31(37)43)29(41)36(5)28(21)40;1-2-3-4/h11-14,16,18H,7-10,15,17H2,1-6H3,(H,44,45);2-3H,1H2. The van der Waals surface area contributed by atoms with E-state index in [2.05, 4.69) is 6.58 Å². The molecule has 1 atom stereocenters. The minimum Gasteiger partial charge on any atom is -0.478 e. The molecule has 0 fully saturated rings. The molecule has 0 aliphatic heterocycles. The first kappa shape index (κ1) is 40.6. The summed E-state index contributed by atoms with van der Waals surface area (Å²) in [5.41, 5.74) is -3.92. The molecule has 0 bridgehead atoms. The number of aromatic nitrogens is 2. The Balaban J connectivity index is 0.00000173. The molecule has 15 heteroatoms. The molecule has 0 spiro atoms. The summed E-state index contributed by atoms with van der Waals surface area (Å²) in [6, 6.07) is 4.65. The smallest absolute Gasteiger partial charge is 0.339 e. The molecule has 4 rings (SSSR count). The number of aromatic carboxylic acids is 1. The lowest BCUT2D eigenvalue weighted by Crippen LogP contribution is -2.34. The number of amides is 1. The normalized spacial score (nSPS) is 11.8. The van der Waals surface area contributed by atoms with Crippen LogP contribution in [0.1, 0.15) is 75.0 Å². The van der Waals surface area contributed by atoms with Crippen LogP contribution < -0.4 is 22.2 Å². The number of rotatable bonds is 15. The molecular formula is C37H41N3O12. The molecule has 276 valence electrons. The number of aldehydes is 2. The second-order valence-corrected chi connectivity index (χ2v) is 13.2. The summed E-state index contributed by atoms with van der Waals surface area (Å²) in [5.74, 6) is -3.08. The Morgan fingerprint density at radius 1 is 0.904 bits per heavy atom. The van der Waals surface area contributed by atoms with Crippen LogP contribution in [0, 0.1) is 11.3 Å². The lowest BCUT2D eigenvalue weighted by Gasteiger charge is -2.29. The molecule has 2 aromatic carbocycles. The number of esters is 1. The van der Waals surface area contributed by atoms with E-state index in [0.717, 1.165) is 21.3 Å². The zero-order valence-corrected chi connectivity index (χ0v) is 29.8.